The van der Waals surface area contributed by atoms with Gasteiger partial charge < -0.3 is 0 Å². The number of unbranched alkanes of at least 4 members (excludes halogenated alkanes) is 1. The lowest BCUT2D eigenvalue weighted by Gasteiger charge is -1.82. The van der Waals surface area contributed by atoms with Gasteiger partial charge in [0.25, 0.3) is 0 Å². The van der Waals surface area contributed by atoms with Gasteiger partial charge >= 0.3 is 14.3 Å². The highest BCUT2D eigenvalue weighted by Gasteiger charge is 1.83. The third-order valence-corrected chi connectivity index (χ3v) is 2.31. The van der Waals surface area contributed by atoms with Gasteiger partial charge in [-0.05, 0) is 0 Å². The van der Waals surface area contributed by atoms with Crippen LogP contribution in [0.15, 0.2) is 0 Å². The molecule has 0 radical (unpaired) electrons. The Labute approximate surface area is 49.8 Å². The first-order valence-electron chi connectivity index (χ1n) is 2.47. The first-order chi connectivity index (χ1) is 2.91. The standard InChI is InChI=1S/C4H9.Al.ClH.H/c1-3-4-2;;;/h1,3-4H2,2H3;;1H;/q;+1;;/p-1. The first kappa shape index (κ1) is 6.82. The maximum atomic E-state index is 5.52. The molecular formula is C4H10AlCl. The molecular weight excluding hydrogens is 110 g/mol. The summed E-state index contributed by atoms with van der Waals surface area (Å²) < 4.78 is 0. The molecule has 0 saturated carbocycles. The van der Waals surface area contributed by atoms with Gasteiger partial charge in [-0.25, -0.2) is 0 Å². The maximum Gasteiger partial charge on any atom is 0.376 e. The highest BCUT2D eigenvalue weighted by Crippen LogP contribution is 1.93. The topological polar surface area (TPSA) is 0 Å². The Balaban J connectivity index is 2.34. The van der Waals surface area contributed by atoms with Gasteiger partial charge in [-0.15, -0.1) is 0 Å². The van der Waals surface area contributed by atoms with Gasteiger partial charge in [0.2, 0.25) is 0 Å². The van der Waals surface area contributed by atoms with Crippen LogP contribution in [0.3, 0.4) is 0 Å². The molecule has 36 valence electrons. The molecule has 0 aliphatic rings. The SMILES string of the molecule is CCC[CH2][AlH][Cl]. The quantitative estimate of drug-likeness (QED) is 0.394. The molecule has 0 aliphatic heterocycles. The third-order valence-electron chi connectivity index (χ3n) is 0.737. The van der Waals surface area contributed by atoms with Crippen molar-refractivity contribution in [3.63, 3.8) is 0 Å². The third kappa shape index (κ3) is 4.82. The van der Waals surface area contributed by atoms with Crippen molar-refractivity contribution in [1.82, 2.24) is 0 Å². The van der Waals surface area contributed by atoms with Crippen molar-refractivity contribution in [2.75, 3.05) is 0 Å². The van der Waals surface area contributed by atoms with E-state index in [0.717, 1.165) is 0 Å². The molecule has 0 fully saturated rings. The number of hydrogen-bond donors (Lipinski definition) is 0. The molecule has 0 aromatic heterocycles. The number of hydrogen-bond acceptors (Lipinski definition) is 0. The van der Waals surface area contributed by atoms with Crippen LogP contribution in [0.4, 0.5) is 0 Å². The largest absolute Gasteiger partial charge is 0.376 e. The van der Waals surface area contributed by atoms with E-state index in [1.165, 1.54) is 18.1 Å². The summed E-state index contributed by atoms with van der Waals surface area (Å²) in [7, 11) is 5.52. The van der Waals surface area contributed by atoms with Crippen molar-refractivity contribution in [2.45, 2.75) is 25.0 Å². The van der Waals surface area contributed by atoms with Crippen molar-refractivity contribution < 1.29 is 0 Å². The van der Waals surface area contributed by atoms with Crippen LogP contribution in [0, 0.1) is 0 Å². The molecule has 0 aliphatic carbocycles. The number of rotatable bonds is 3. The predicted octanol–water partition coefficient (Wildman–Crippen LogP) is 1.80. The van der Waals surface area contributed by atoms with Gasteiger partial charge in [0, 0.05) is 0 Å². The molecule has 0 aromatic rings. The van der Waals surface area contributed by atoms with Crippen LogP contribution in [-0.2, 0) is 0 Å². The van der Waals surface area contributed by atoms with Crippen molar-refractivity contribution in [1.29, 1.82) is 0 Å². The highest BCUT2D eigenvalue weighted by molar-refractivity contribution is 6.93. The van der Waals surface area contributed by atoms with Crippen LogP contribution < -0.4 is 0 Å². The van der Waals surface area contributed by atoms with Crippen LogP contribution in [-0.4, -0.2) is 14.3 Å². The van der Waals surface area contributed by atoms with E-state index in [0.29, 0.717) is 0 Å². The molecule has 0 nitrogen and oxygen atoms in total. The molecule has 0 spiro atoms. The lowest BCUT2D eigenvalue weighted by Crippen LogP contribution is -1.73. The first-order valence-corrected chi connectivity index (χ1v) is 5.61. The summed E-state index contributed by atoms with van der Waals surface area (Å²) in [4.78, 5) is 0. The van der Waals surface area contributed by atoms with E-state index in [9.17, 15) is 0 Å². The Kier molecular flexibility index (Phi) is 6.62. The smallest absolute Gasteiger partial charge is 0.267 e. The van der Waals surface area contributed by atoms with Crippen LogP contribution in [0.25, 0.3) is 0 Å². The minimum atomic E-state index is -0.125. The van der Waals surface area contributed by atoms with E-state index in [2.05, 4.69) is 6.92 Å². The van der Waals surface area contributed by atoms with Gasteiger partial charge in [-0.2, -0.15) is 0 Å². The van der Waals surface area contributed by atoms with Crippen molar-refractivity contribution in [3.05, 3.63) is 0 Å². The summed E-state index contributed by atoms with van der Waals surface area (Å²) in [6.45, 7) is 2.20. The zero-order valence-corrected chi connectivity index (χ0v) is 6.38. The predicted molar refractivity (Wildman–Crippen MR) is 32.7 cm³/mol. The van der Waals surface area contributed by atoms with E-state index in [1.54, 1.807) is 0 Å². The monoisotopic (exact) mass is 120 g/mol. The Morgan fingerprint density at radius 1 is 1.67 bits per heavy atom. The highest BCUT2D eigenvalue weighted by atomic mass is 35.6. The van der Waals surface area contributed by atoms with Crippen LogP contribution in [0.1, 0.15) is 19.8 Å². The zero-order chi connectivity index (χ0) is 4.83. The second-order valence-corrected chi connectivity index (χ2v) is 3.62. The van der Waals surface area contributed by atoms with Crippen molar-refractivity contribution in [3.8, 4) is 0 Å². The Morgan fingerprint density at radius 3 is 2.50 bits per heavy atom. The summed E-state index contributed by atoms with van der Waals surface area (Å²) in [5.74, 6) is 0. The summed E-state index contributed by atoms with van der Waals surface area (Å²) in [5, 5.41) is 1.32. The summed E-state index contributed by atoms with van der Waals surface area (Å²) >= 11 is -0.125. The van der Waals surface area contributed by atoms with E-state index < -0.39 is 0 Å². The van der Waals surface area contributed by atoms with E-state index in [-0.39, 0.29) is 14.3 Å². The molecule has 0 aromatic carbocycles. The Hall–Kier alpha value is 0.822. The van der Waals surface area contributed by atoms with E-state index in [4.69, 9.17) is 10.0 Å². The van der Waals surface area contributed by atoms with Crippen LogP contribution in [0.2, 0.25) is 5.28 Å². The van der Waals surface area contributed by atoms with Gasteiger partial charge in [0.05, 0.1) is 0 Å². The van der Waals surface area contributed by atoms with Gasteiger partial charge in [0.1, 0.15) is 0 Å². The fourth-order valence-electron chi connectivity index (χ4n) is 0.344. The van der Waals surface area contributed by atoms with E-state index in [1.807, 2.05) is 0 Å². The van der Waals surface area contributed by atoms with Crippen LogP contribution >= 0.6 is 10.0 Å². The molecule has 0 amide bonds. The fourth-order valence-corrected chi connectivity index (χ4v) is 1.60. The second-order valence-electron chi connectivity index (χ2n) is 1.40. The summed E-state index contributed by atoms with van der Waals surface area (Å²) in [6.07, 6.45) is 2.65. The maximum absolute atomic E-state index is 5.52. The molecule has 6 heavy (non-hydrogen) atoms. The minimum absolute atomic E-state index is 0.125. The minimum Gasteiger partial charge on any atom is -0.267 e. The molecule has 0 rings (SSSR count). The molecule has 0 heterocycles. The Morgan fingerprint density at radius 2 is 2.33 bits per heavy atom. The second kappa shape index (κ2) is 5.82. The van der Waals surface area contributed by atoms with Crippen LogP contribution in [0.5, 0.6) is 0 Å². The lowest BCUT2D eigenvalue weighted by molar-refractivity contribution is 0.882. The summed E-state index contributed by atoms with van der Waals surface area (Å²) in [6, 6.07) is 0. The molecule has 0 unspecified atom stereocenters. The van der Waals surface area contributed by atoms with Gasteiger partial charge in [0.15, 0.2) is 0 Å². The average Bonchev–Trinajstić information content (AvgIpc) is 1.61. The normalized spacial score (nSPS) is 8.33. The summed E-state index contributed by atoms with van der Waals surface area (Å²) in [5.41, 5.74) is 0. The van der Waals surface area contributed by atoms with Gasteiger partial charge in [-0.1, -0.05) is 25.0 Å². The molecule has 0 atom stereocenters. The molecule has 0 N–H and O–H groups in total. The molecule has 0 saturated heterocycles. The van der Waals surface area contributed by atoms with Crippen molar-refractivity contribution in [2.24, 2.45) is 0 Å². The fraction of sp³-hybridized carbons (Fsp3) is 1.00. The Bertz CT molecular complexity index is 19.5. The van der Waals surface area contributed by atoms with Crippen molar-refractivity contribution >= 4 is 24.3 Å². The average molecular weight is 121 g/mol. The van der Waals surface area contributed by atoms with E-state index >= 15 is 0 Å². The number of halogens is 1. The van der Waals surface area contributed by atoms with Gasteiger partial charge in [-0.3, -0.25) is 10.0 Å². The zero-order valence-electron chi connectivity index (χ0n) is 4.21. The molecule has 0 bridgehead atoms. The lowest BCUT2D eigenvalue weighted by atomic mass is 10.4. The molecule has 2 heteroatoms.